The summed E-state index contributed by atoms with van der Waals surface area (Å²) in [5.74, 6) is 6.62. The van der Waals surface area contributed by atoms with E-state index >= 15 is 0 Å². The molecule has 0 saturated carbocycles. The molecule has 1 heterocycles. The number of pyridine rings is 1. The molecule has 0 bridgehead atoms. The maximum absolute atomic E-state index is 6.34. The monoisotopic (exact) mass is 297 g/mol. The number of nitrogens with two attached hydrogens (primary N) is 1. The van der Waals surface area contributed by atoms with E-state index in [-0.39, 0.29) is 0 Å². The number of aromatic nitrogens is 1. The number of ether oxygens (including phenoxy) is 3. The Balaban J connectivity index is 2.83. The predicted octanol–water partition coefficient (Wildman–Crippen LogP) is 2.34. The van der Waals surface area contributed by atoms with Gasteiger partial charge in [0.05, 0.1) is 42.6 Å². The summed E-state index contributed by atoms with van der Waals surface area (Å²) in [6, 6.07) is 3.46. The zero-order chi connectivity index (χ0) is 14.7. The summed E-state index contributed by atoms with van der Waals surface area (Å²) in [6.45, 7) is 0.359. The van der Waals surface area contributed by atoms with Crippen molar-refractivity contribution in [3.05, 3.63) is 22.8 Å². The molecule has 1 aromatic heterocycles. The van der Waals surface area contributed by atoms with Crippen molar-refractivity contribution in [2.45, 2.75) is 6.61 Å². The van der Waals surface area contributed by atoms with Crippen LogP contribution >= 0.6 is 11.6 Å². The van der Waals surface area contributed by atoms with Crippen molar-refractivity contribution in [3.63, 3.8) is 0 Å². The van der Waals surface area contributed by atoms with E-state index in [2.05, 4.69) is 10.4 Å². The molecular weight excluding hydrogens is 282 g/mol. The van der Waals surface area contributed by atoms with Crippen molar-refractivity contribution in [1.82, 2.24) is 4.98 Å². The van der Waals surface area contributed by atoms with Crippen LogP contribution < -0.4 is 20.7 Å². The van der Waals surface area contributed by atoms with Crippen molar-refractivity contribution >= 4 is 28.2 Å². The zero-order valence-electron chi connectivity index (χ0n) is 11.5. The summed E-state index contributed by atoms with van der Waals surface area (Å²) in [7, 11) is 4.69. The molecule has 2 rings (SSSR count). The van der Waals surface area contributed by atoms with Gasteiger partial charge in [0.1, 0.15) is 17.0 Å². The predicted molar refractivity (Wildman–Crippen MR) is 78.4 cm³/mol. The lowest BCUT2D eigenvalue weighted by molar-refractivity contribution is 0.182. The fourth-order valence-corrected chi connectivity index (χ4v) is 2.34. The van der Waals surface area contributed by atoms with E-state index in [1.807, 2.05) is 0 Å². The van der Waals surface area contributed by atoms with Gasteiger partial charge in [-0.3, -0.25) is 5.84 Å². The first-order chi connectivity index (χ1) is 9.65. The smallest absolute Gasteiger partial charge is 0.148 e. The van der Waals surface area contributed by atoms with Crippen molar-refractivity contribution in [2.24, 2.45) is 5.84 Å². The summed E-state index contributed by atoms with van der Waals surface area (Å²) in [5, 5.41) is 1.07. The molecule has 3 N–H and O–H groups in total. The number of benzene rings is 1. The fraction of sp³-hybridized carbons (Fsp3) is 0.308. The first-order valence-electron chi connectivity index (χ1n) is 5.85. The van der Waals surface area contributed by atoms with Crippen molar-refractivity contribution in [1.29, 1.82) is 0 Å². The van der Waals surface area contributed by atoms with E-state index in [9.17, 15) is 0 Å². The first-order valence-corrected chi connectivity index (χ1v) is 6.23. The number of rotatable bonds is 5. The van der Waals surface area contributed by atoms with Crippen LogP contribution in [-0.2, 0) is 11.3 Å². The highest BCUT2D eigenvalue weighted by molar-refractivity contribution is 6.38. The first kappa shape index (κ1) is 14.6. The summed E-state index contributed by atoms with van der Waals surface area (Å²) >= 11 is 6.34. The minimum absolute atomic E-state index is 0.359. The van der Waals surface area contributed by atoms with Crippen LogP contribution in [0.3, 0.4) is 0 Å². The normalized spacial score (nSPS) is 10.7. The van der Waals surface area contributed by atoms with Crippen molar-refractivity contribution in [2.75, 3.05) is 26.8 Å². The topological polar surface area (TPSA) is 78.6 Å². The maximum Gasteiger partial charge on any atom is 0.148 e. The molecule has 0 amide bonds. The van der Waals surface area contributed by atoms with Gasteiger partial charge in [-0.2, -0.15) is 0 Å². The van der Waals surface area contributed by atoms with Gasteiger partial charge in [-0.1, -0.05) is 11.6 Å². The second-order valence-corrected chi connectivity index (χ2v) is 4.44. The molecule has 7 heteroatoms. The Morgan fingerprint density at radius 3 is 2.45 bits per heavy atom. The Kier molecular flexibility index (Phi) is 4.49. The van der Waals surface area contributed by atoms with Gasteiger partial charge >= 0.3 is 0 Å². The van der Waals surface area contributed by atoms with E-state index in [0.29, 0.717) is 45.4 Å². The van der Waals surface area contributed by atoms with Crippen LogP contribution in [0.2, 0.25) is 5.02 Å². The van der Waals surface area contributed by atoms with Gasteiger partial charge in [0.15, 0.2) is 0 Å². The average Bonchev–Trinajstić information content (AvgIpc) is 2.47. The van der Waals surface area contributed by atoms with Crippen LogP contribution in [0.15, 0.2) is 12.1 Å². The third kappa shape index (κ3) is 2.45. The molecule has 0 aliphatic carbocycles. The standard InChI is InChI=1S/C13H16ClN3O3/c1-18-6-7-4-8(17-15)11-12(14)9(19-2)5-10(20-3)13(11)16-7/h4-5H,6,15H2,1-3H3,(H,16,17). The second kappa shape index (κ2) is 6.13. The van der Waals surface area contributed by atoms with Crippen molar-refractivity contribution in [3.8, 4) is 11.5 Å². The fourth-order valence-electron chi connectivity index (χ4n) is 2.01. The average molecular weight is 298 g/mol. The molecule has 0 radical (unpaired) electrons. The van der Waals surface area contributed by atoms with Gasteiger partial charge in [-0.25, -0.2) is 4.98 Å². The van der Waals surface area contributed by atoms with E-state index in [1.54, 1.807) is 26.4 Å². The summed E-state index contributed by atoms with van der Waals surface area (Å²) in [5.41, 5.74) is 4.56. The molecule has 0 aliphatic rings. The molecule has 0 spiro atoms. The van der Waals surface area contributed by atoms with Gasteiger partial charge in [0.2, 0.25) is 0 Å². The largest absolute Gasteiger partial charge is 0.495 e. The lowest BCUT2D eigenvalue weighted by atomic mass is 10.1. The Bertz CT molecular complexity index is 634. The SMILES string of the molecule is COCc1cc(NN)c2c(Cl)c(OC)cc(OC)c2n1. The summed E-state index contributed by atoms with van der Waals surface area (Å²) < 4.78 is 15.7. The van der Waals surface area contributed by atoms with E-state index in [1.165, 1.54) is 7.11 Å². The maximum atomic E-state index is 6.34. The molecule has 108 valence electrons. The Morgan fingerprint density at radius 1 is 1.20 bits per heavy atom. The highest BCUT2D eigenvalue weighted by atomic mass is 35.5. The molecule has 1 aromatic carbocycles. The third-order valence-electron chi connectivity index (χ3n) is 2.89. The zero-order valence-corrected chi connectivity index (χ0v) is 12.2. The molecule has 0 unspecified atom stereocenters. The van der Waals surface area contributed by atoms with Crippen LogP contribution in [0.25, 0.3) is 10.9 Å². The van der Waals surface area contributed by atoms with Gasteiger partial charge < -0.3 is 19.6 Å². The van der Waals surface area contributed by atoms with E-state index in [4.69, 9.17) is 31.7 Å². The van der Waals surface area contributed by atoms with Gasteiger partial charge in [-0.15, -0.1) is 0 Å². The quantitative estimate of drug-likeness (QED) is 0.651. The molecule has 0 saturated heterocycles. The van der Waals surface area contributed by atoms with Gasteiger partial charge in [0, 0.05) is 13.2 Å². The number of methoxy groups -OCH3 is 3. The number of fused-ring (bicyclic) bond motifs is 1. The van der Waals surface area contributed by atoms with Gasteiger partial charge in [0.25, 0.3) is 0 Å². The lowest BCUT2D eigenvalue weighted by Gasteiger charge is -2.15. The number of hydrogen-bond acceptors (Lipinski definition) is 6. The minimum atomic E-state index is 0.359. The Hall–Kier alpha value is -1.76. The number of halogens is 1. The van der Waals surface area contributed by atoms with E-state index in [0.717, 1.165) is 0 Å². The highest BCUT2D eigenvalue weighted by Gasteiger charge is 2.17. The van der Waals surface area contributed by atoms with Crippen molar-refractivity contribution < 1.29 is 14.2 Å². The number of nitrogens with one attached hydrogen (secondary N) is 1. The number of anilines is 1. The second-order valence-electron chi connectivity index (χ2n) is 4.06. The van der Waals surface area contributed by atoms with Gasteiger partial charge in [-0.05, 0) is 6.07 Å². The van der Waals surface area contributed by atoms with Crippen LogP contribution in [0.4, 0.5) is 5.69 Å². The summed E-state index contributed by atoms with van der Waals surface area (Å²) in [6.07, 6.45) is 0. The molecule has 2 aromatic rings. The molecule has 0 aliphatic heterocycles. The molecule has 0 fully saturated rings. The van der Waals surface area contributed by atoms with E-state index < -0.39 is 0 Å². The molecule has 20 heavy (non-hydrogen) atoms. The minimum Gasteiger partial charge on any atom is -0.495 e. The highest BCUT2D eigenvalue weighted by Crippen LogP contribution is 2.41. The Morgan fingerprint density at radius 2 is 1.90 bits per heavy atom. The van der Waals surface area contributed by atoms with Crippen LogP contribution in [0, 0.1) is 0 Å². The number of hydrazine groups is 1. The lowest BCUT2D eigenvalue weighted by Crippen LogP contribution is -2.09. The molecule has 6 nitrogen and oxygen atoms in total. The number of hydrogen-bond donors (Lipinski definition) is 2. The third-order valence-corrected chi connectivity index (χ3v) is 3.27. The summed E-state index contributed by atoms with van der Waals surface area (Å²) in [4.78, 5) is 4.50. The Labute approximate surface area is 121 Å². The van der Waals surface area contributed by atoms with Crippen LogP contribution in [-0.4, -0.2) is 26.3 Å². The molecule has 0 atom stereocenters. The number of nitrogens with zero attached hydrogens (tertiary/aromatic N) is 1. The molecular formula is C13H16ClN3O3. The van der Waals surface area contributed by atoms with Crippen LogP contribution in [0.1, 0.15) is 5.69 Å². The number of nitrogen functional groups attached to an aromatic ring is 1. The van der Waals surface area contributed by atoms with Crippen LogP contribution in [0.5, 0.6) is 11.5 Å².